The minimum atomic E-state index is -0.568. The standard InChI is InChI=1S/C19H28N2O3/c1-3-14-5-9-16(10-6-14)21-19(23)18(22)20-13-15-7-11-17(12-8-15)24-4-2/h7-8,11-12,14,16H,3-6,9-10,13H2,1-2H3,(H,20,22)(H,21,23). The van der Waals surface area contributed by atoms with Gasteiger partial charge in [-0.1, -0.05) is 25.5 Å². The molecule has 5 nitrogen and oxygen atoms in total. The third-order valence-corrected chi connectivity index (χ3v) is 4.65. The van der Waals surface area contributed by atoms with Gasteiger partial charge in [-0.05, 0) is 56.2 Å². The molecule has 0 bridgehead atoms. The van der Waals surface area contributed by atoms with Crippen LogP contribution in [-0.4, -0.2) is 24.5 Å². The highest BCUT2D eigenvalue weighted by atomic mass is 16.5. The Morgan fingerprint density at radius 3 is 2.29 bits per heavy atom. The van der Waals surface area contributed by atoms with E-state index in [0.717, 1.165) is 42.9 Å². The summed E-state index contributed by atoms with van der Waals surface area (Å²) >= 11 is 0. The van der Waals surface area contributed by atoms with Gasteiger partial charge in [0, 0.05) is 12.6 Å². The molecule has 0 spiro atoms. The molecule has 1 aromatic rings. The first-order valence-corrected chi connectivity index (χ1v) is 8.92. The number of hydrogen-bond donors (Lipinski definition) is 2. The van der Waals surface area contributed by atoms with Gasteiger partial charge in [-0.2, -0.15) is 0 Å². The van der Waals surface area contributed by atoms with Crippen LogP contribution in [0.5, 0.6) is 5.75 Å². The van der Waals surface area contributed by atoms with Crippen LogP contribution in [0, 0.1) is 5.92 Å². The van der Waals surface area contributed by atoms with Gasteiger partial charge in [0.05, 0.1) is 6.61 Å². The first-order valence-electron chi connectivity index (χ1n) is 8.92. The van der Waals surface area contributed by atoms with Gasteiger partial charge in [-0.3, -0.25) is 9.59 Å². The van der Waals surface area contributed by atoms with Crippen molar-refractivity contribution in [2.75, 3.05) is 6.61 Å². The van der Waals surface area contributed by atoms with Crippen LogP contribution in [-0.2, 0) is 16.1 Å². The molecule has 1 aliphatic carbocycles. The van der Waals surface area contributed by atoms with Gasteiger partial charge in [0.1, 0.15) is 5.75 Å². The minimum Gasteiger partial charge on any atom is -0.494 e. The quantitative estimate of drug-likeness (QED) is 0.787. The van der Waals surface area contributed by atoms with E-state index in [1.165, 1.54) is 6.42 Å². The Morgan fingerprint density at radius 1 is 1.04 bits per heavy atom. The molecule has 1 fully saturated rings. The molecule has 5 heteroatoms. The molecule has 132 valence electrons. The van der Waals surface area contributed by atoms with E-state index in [1.54, 1.807) is 0 Å². The Balaban J connectivity index is 1.72. The number of nitrogens with one attached hydrogen (secondary N) is 2. The lowest BCUT2D eigenvalue weighted by molar-refractivity contribution is -0.139. The summed E-state index contributed by atoms with van der Waals surface area (Å²) in [7, 11) is 0. The molecule has 2 N–H and O–H groups in total. The van der Waals surface area contributed by atoms with Crippen LogP contribution in [0.25, 0.3) is 0 Å². The van der Waals surface area contributed by atoms with Gasteiger partial charge in [-0.25, -0.2) is 0 Å². The molecule has 1 aromatic carbocycles. The van der Waals surface area contributed by atoms with Gasteiger partial charge < -0.3 is 15.4 Å². The van der Waals surface area contributed by atoms with Gasteiger partial charge in [0.25, 0.3) is 0 Å². The summed E-state index contributed by atoms with van der Waals surface area (Å²) < 4.78 is 5.37. The van der Waals surface area contributed by atoms with Gasteiger partial charge in [-0.15, -0.1) is 0 Å². The Morgan fingerprint density at radius 2 is 1.71 bits per heavy atom. The Bertz CT molecular complexity index is 534. The van der Waals surface area contributed by atoms with Crippen LogP contribution in [0.1, 0.15) is 51.5 Å². The zero-order valence-corrected chi connectivity index (χ0v) is 14.6. The predicted octanol–water partition coefficient (Wildman–Crippen LogP) is 2.79. The fourth-order valence-electron chi connectivity index (χ4n) is 3.10. The fraction of sp³-hybridized carbons (Fsp3) is 0.579. The van der Waals surface area contributed by atoms with Gasteiger partial charge in [0.15, 0.2) is 0 Å². The molecular formula is C19H28N2O3. The van der Waals surface area contributed by atoms with E-state index in [-0.39, 0.29) is 6.04 Å². The lowest BCUT2D eigenvalue weighted by Gasteiger charge is -2.28. The van der Waals surface area contributed by atoms with Crippen molar-refractivity contribution in [2.45, 2.75) is 58.5 Å². The summed E-state index contributed by atoms with van der Waals surface area (Å²) in [5.41, 5.74) is 0.933. The second kappa shape index (κ2) is 9.30. The van der Waals surface area contributed by atoms with E-state index in [4.69, 9.17) is 4.74 Å². The smallest absolute Gasteiger partial charge is 0.309 e. The van der Waals surface area contributed by atoms with Crippen LogP contribution >= 0.6 is 0 Å². The second-order valence-electron chi connectivity index (χ2n) is 6.36. The lowest BCUT2D eigenvalue weighted by Crippen LogP contribution is -2.45. The molecule has 0 heterocycles. The first-order chi connectivity index (χ1) is 11.6. The number of ether oxygens (including phenoxy) is 1. The van der Waals surface area contributed by atoms with Crippen molar-refractivity contribution in [1.29, 1.82) is 0 Å². The molecule has 0 aliphatic heterocycles. The fourth-order valence-corrected chi connectivity index (χ4v) is 3.10. The monoisotopic (exact) mass is 332 g/mol. The SMILES string of the molecule is CCOc1ccc(CNC(=O)C(=O)NC2CCC(CC)CC2)cc1. The molecule has 0 aromatic heterocycles. The van der Waals surface area contributed by atoms with Crippen LogP contribution < -0.4 is 15.4 Å². The number of carbonyl (C=O) groups is 2. The van der Waals surface area contributed by atoms with E-state index in [9.17, 15) is 9.59 Å². The molecule has 24 heavy (non-hydrogen) atoms. The van der Waals surface area contributed by atoms with Crippen molar-refractivity contribution in [3.63, 3.8) is 0 Å². The molecule has 0 saturated heterocycles. The molecule has 1 aliphatic rings. The average molecular weight is 332 g/mol. The molecule has 2 amide bonds. The minimum absolute atomic E-state index is 0.136. The van der Waals surface area contributed by atoms with Crippen molar-refractivity contribution >= 4 is 11.8 Å². The molecule has 0 atom stereocenters. The van der Waals surface area contributed by atoms with E-state index < -0.39 is 11.8 Å². The zero-order valence-electron chi connectivity index (χ0n) is 14.6. The average Bonchev–Trinajstić information content (AvgIpc) is 2.61. The van der Waals surface area contributed by atoms with Crippen molar-refractivity contribution in [3.05, 3.63) is 29.8 Å². The van der Waals surface area contributed by atoms with Crippen LogP contribution in [0.4, 0.5) is 0 Å². The van der Waals surface area contributed by atoms with E-state index in [0.29, 0.717) is 13.2 Å². The summed E-state index contributed by atoms with van der Waals surface area (Å²) in [6.07, 6.45) is 5.40. The number of hydrogen-bond acceptors (Lipinski definition) is 3. The lowest BCUT2D eigenvalue weighted by atomic mass is 9.84. The molecule has 1 saturated carbocycles. The Hall–Kier alpha value is -2.04. The summed E-state index contributed by atoms with van der Waals surface area (Å²) in [6, 6.07) is 7.62. The van der Waals surface area contributed by atoms with E-state index in [2.05, 4.69) is 17.6 Å². The zero-order chi connectivity index (χ0) is 17.4. The third kappa shape index (κ3) is 5.55. The normalized spacial score (nSPS) is 20.2. The number of amides is 2. The summed E-state index contributed by atoms with van der Waals surface area (Å²) in [5.74, 6) is 0.474. The van der Waals surface area contributed by atoms with Crippen LogP contribution in [0.3, 0.4) is 0 Å². The highest BCUT2D eigenvalue weighted by Crippen LogP contribution is 2.26. The first kappa shape index (κ1) is 18.3. The predicted molar refractivity (Wildman–Crippen MR) is 93.6 cm³/mol. The maximum Gasteiger partial charge on any atom is 0.309 e. The number of carbonyl (C=O) groups excluding carboxylic acids is 2. The van der Waals surface area contributed by atoms with Crippen LogP contribution in [0.2, 0.25) is 0 Å². The Labute approximate surface area is 144 Å². The number of benzene rings is 1. The largest absolute Gasteiger partial charge is 0.494 e. The highest BCUT2D eigenvalue weighted by Gasteiger charge is 2.23. The van der Waals surface area contributed by atoms with Crippen molar-refractivity contribution in [3.8, 4) is 5.75 Å². The Kier molecular flexibility index (Phi) is 7.09. The van der Waals surface area contributed by atoms with Crippen molar-refractivity contribution in [2.24, 2.45) is 5.92 Å². The van der Waals surface area contributed by atoms with Gasteiger partial charge >= 0.3 is 11.8 Å². The summed E-state index contributed by atoms with van der Waals surface area (Å²) in [4.78, 5) is 23.9. The van der Waals surface area contributed by atoms with Crippen molar-refractivity contribution < 1.29 is 14.3 Å². The summed E-state index contributed by atoms with van der Waals surface area (Å²) in [5, 5.41) is 5.52. The van der Waals surface area contributed by atoms with Crippen molar-refractivity contribution in [1.82, 2.24) is 10.6 Å². The van der Waals surface area contributed by atoms with Crippen LogP contribution in [0.15, 0.2) is 24.3 Å². The highest BCUT2D eigenvalue weighted by molar-refractivity contribution is 6.35. The number of rotatable bonds is 6. The topological polar surface area (TPSA) is 67.4 Å². The molecule has 2 rings (SSSR count). The second-order valence-corrected chi connectivity index (χ2v) is 6.36. The molecule has 0 unspecified atom stereocenters. The molecule has 0 radical (unpaired) electrons. The van der Waals surface area contributed by atoms with Gasteiger partial charge in [0.2, 0.25) is 0 Å². The maximum absolute atomic E-state index is 12.0. The van der Waals surface area contributed by atoms with E-state index in [1.807, 2.05) is 31.2 Å². The molecular weight excluding hydrogens is 304 g/mol. The summed E-state index contributed by atoms with van der Waals surface area (Å²) in [6.45, 7) is 5.09. The maximum atomic E-state index is 12.0. The third-order valence-electron chi connectivity index (χ3n) is 4.65. The van der Waals surface area contributed by atoms with E-state index >= 15 is 0 Å².